The van der Waals surface area contributed by atoms with Crippen LogP contribution in [0, 0.1) is 0 Å². The summed E-state index contributed by atoms with van der Waals surface area (Å²) in [6.45, 7) is 1.19. The molecule has 0 amide bonds. The van der Waals surface area contributed by atoms with E-state index in [1.807, 2.05) is 6.07 Å². The SMILES string of the molecule is Brc1ccoc1CNCc1ncon1. The third kappa shape index (κ3) is 2.21. The van der Waals surface area contributed by atoms with Gasteiger partial charge in [0.05, 0.1) is 23.8 Å². The monoisotopic (exact) mass is 257 g/mol. The highest BCUT2D eigenvalue weighted by Crippen LogP contribution is 2.16. The third-order valence-corrected chi connectivity index (χ3v) is 2.37. The molecule has 1 N–H and O–H groups in total. The minimum absolute atomic E-state index is 0.559. The number of furan rings is 1. The average Bonchev–Trinajstić information content (AvgIpc) is 2.78. The van der Waals surface area contributed by atoms with Crippen LogP contribution in [0.1, 0.15) is 11.6 Å². The lowest BCUT2D eigenvalue weighted by atomic mass is 10.4. The summed E-state index contributed by atoms with van der Waals surface area (Å²) in [5.41, 5.74) is 0. The molecule has 6 heteroatoms. The van der Waals surface area contributed by atoms with Gasteiger partial charge in [-0.3, -0.25) is 0 Å². The Labute approximate surface area is 88.6 Å². The van der Waals surface area contributed by atoms with Crippen molar-refractivity contribution in [2.24, 2.45) is 0 Å². The fraction of sp³-hybridized carbons (Fsp3) is 0.250. The maximum absolute atomic E-state index is 5.21. The Balaban J connectivity index is 1.81. The van der Waals surface area contributed by atoms with Crippen molar-refractivity contribution in [3.05, 3.63) is 34.8 Å². The van der Waals surface area contributed by atoms with Crippen LogP contribution in [0.2, 0.25) is 0 Å². The van der Waals surface area contributed by atoms with E-state index in [1.165, 1.54) is 6.39 Å². The number of aromatic nitrogens is 2. The van der Waals surface area contributed by atoms with Gasteiger partial charge in [-0.15, -0.1) is 0 Å². The molecule has 0 aliphatic carbocycles. The van der Waals surface area contributed by atoms with Gasteiger partial charge in [0, 0.05) is 0 Å². The molecule has 74 valence electrons. The van der Waals surface area contributed by atoms with Gasteiger partial charge in [-0.1, -0.05) is 5.16 Å². The van der Waals surface area contributed by atoms with Crippen LogP contribution >= 0.6 is 15.9 Å². The van der Waals surface area contributed by atoms with Crippen LogP contribution < -0.4 is 5.32 Å². The van der Waals surface area contributed by atoms with Gasteiger partial charge in [0.15, 0.2) is 5.82 Å². The molecule has 2 heterocycles. The quantitative estimate of drug-likeness (QED) is 0.904. The Kier molecular flexibility index (Phi) is 2.95. The maximum atomic E-state index is 5.21. The number of halogens is 1. The first-order valence-electron chi connectivity index (χ1n) is 4.04. The van der Waals surface area contributed by atoms with Gasteiger partial charge in [0.25, 0.3) is 0 Å². The summed E-state index contributed by atoms with van der Waals surface area (Å²) >= 11 is 3.36. The van der Waals surface area contributed by atoms with E-state index < -0.39 is 0 Å². The minimum Gasteiger partial charge on any atom is -0.467 e. The molecule has 0 unspecified atom stereocenters. The smallest absolute Gasteiger partial charge is 0.213 e. The van der Waals surface area contributed by atoms with E-state index in [2.05, 4.69) is 35.9 Å². The van der Waals surface area contributed by atoms with Crippen molar-refractivity contribution in [1.29, 1.82) is 0 Å². The molecule has 0 aliphatic heterocycles. The second kappa shape index (κ2) is 4.39. The van der Waals surface area contributed by atoms with Gasteiger partial charge in [-0.2, -0.15) is 4.98 Å². The van der Waals surface area contributed by atoms with Crippen molar-refractivity contribution in [2.75, 3.05) is 0 Å². The minimum atomic E-state index is 0.559. The van der Waals surface area contributed by atoms with Crippen molar-refractivity contribution in [3.8, 4) is 0 Å². The molecule has 0 aromatic carbocycles. The summed E-state index contributed by atoms with van der Waals surface area (Å²) in [6, 6.07) is 1.85. The molecule has 2 aromatic rings. The topological polar surface area (TPSA) is 64.1 Å². The van der Waals surface area contributed by atoms with Crippen LogP contribution in [0.4, 0.5) is 0 Å². The van der Waals surface area contributed by atoms with Gasteiger partial charge < -0.3 is 14.3 Å². The van der Waals surface area contributed by atoms with Crippen LogP contribution in [0.25, 0.3) is 0 Å². The molecule has 0 radical (unpaired) electrons. The molecule has 2 rings (SSSR count). The van der Waals surface area contributed by atoms with Crippen LogP contribution in [0.15, 0.2) is 32.1 Å². The largest absolute Gasteiger partial charge is 0.467 e. The zero-order valence-electron chi connectivity index (χ0n) is 7.24. The molecular formula is C8H8BrN3O2. The summed E-state index contributed by atoms with van der Waals surface area (Å²) in [7, 11) is 0. The Morgan fingerprint density at radius 1 is 1.43 bits per heavy atom. The predicted molar refractivity (Wildman–Crippen MR) is 51.2 cm³/mol. The van der Waals surface area contributed by atoms with Crippen LogP contribution in [-0.4, -0.2) is 10.1 Å². The lowest BCUT2D eigenvalue weighted by Gasteiger charge is -1.98. The van der Waals surface area contributed by atoms with Crippen molar-refractivity contribution >= 4 is 15.9 Å². The van der Waals surface area contributed by atoms with Crippen LogP contribution in [-0.2, 0) is 13.1 Å². The molecule has 0 spiro atoms. The first-order chi connectivity index (χ1) is 6.86. The van der Waals surface area contributed by atoms with Gasteiger partial charge in [0.2, 0.25) is 6.39 Å². The van der Waals surface area contributed by atoms with Crippen molar-refractivity contribution in [2.45, 2.75) is 13.1 Å². The molecule has 0 bridgehead atoms. The summed E-state index contributed by atoms with van der Waals surface area (Å²) in [4.78, 5) is 3.87. The zero-order chi connectivity index (χ0) is 9.80. The Morgan fingerprint density at radius 3 is 3.00 bits per heavy atom. The van der Waals surface area contributed by atoms with Gasteiger partial charge in [0.1, 0.15) is 5.76 Å². The van der Waals surface area contributed by atoms with Crippen LogP contribution in [0.3, 0.4) is 0 Å². The Hall–Kier alpha value is -1.14. The molecule has 0 fully saturated rings. The first kappa shape index (κ1) is 9.42. The molecule has 2 aromatic heterocycles. The highest BCUT2D eigenvalue weighted by Gasteiger charge is 2.03. The van der Waals surface area contributed by atoms with Crippen molar-refractivity contribution in [1.82, 2.24) is 15.5 Å². The van der Waals surface area contributed by atoms with Gasteiger partial charge >= 0.3 is 0 Å². The lowest BCUT2D eigenvalue weighted by molar-refractivity contribution is 0.405. The van der Waals surface area contributed by atoms with E-state index >= 15 is 0 Å². The van der Waals surface area contributed by atoms with Crippen LogP contribution in [0.5, 0.6) is 0 Å². The fourth-order valence-electron chi connectivity index (χ4n) is 1.01. The zero-order valence-corrected chi connectivity index (χ0v) is 8.82. The molecule has 0 aliphatic rings. The average molecular weight is 258 g/mol. The highest BCUT2D eigenvalue weighted by molar-refractivity contribution is 9.10. The molecular weight excluding hydrogens is 250 g/mol. The van der Waals surface area contributed by atoms with E-state index in [9.17, 15) is 0 Å². The number of hydrogen-bond donors (Lipinski definition) is 1. The molecule has 0 saturated heterocycles. The lowest BCUT2D eigenvalue weighted by Crippen LogP contribution is -2.13. The van der Waals surface area contributed by atoms with E-state index in [0.717, 1.165) is 10.2 Å². The standard InChI is InChI=1S/C8H8BrN3O2/c9-6-1-2-13-7(6)3-10-4-8-11-5-14-12-8/h1-2,5,10H,3-4H2. The number of hydrogen-bond acceptors (Lipinski definition) is 5. The second-order valence-electron chi connectivity index (χ2n) is 2.64. The van der Waals surface area contributed by atoms with E-state index in [4.69, 9.17) is 4.42 Å². The van der Waals surface area contributed by atoms with Crippen molar-refractivity contribution < 1.29 is 8.94 Å². The third-order valence-electron chi connectivity index (χ3n) is 1.67. The van der Waals surface area contributed by atoms with E-state index in [-0.39, 0.29) is 0 Å². The number of rotatable bonds is 4. The molecule has 5 nitrogen and oxygen atoms in total. The molecule has 0 atom stereocenters. The normalized spacial score (nSPS) is 10.6. The second-order valence-corrected chi connectivity index (χ2v) is 3.50. The molecule has 0 saturated carbocycles. The van der Waals surface area contributed by atoms with Gasteiger partial charge in [-0.25, -0.2) is 0 Å². The van der Waals surface area contributed by atoms with E-state index in [0.29, 0.717) is 18.9 Å². The number of nitrogens with zero attached hydrogens (tertiary/aromatic N) is 2. The Morgan fingerprint density at radius 2 is 2.36 bits per heavy atom. The number of nitrogens with one attached hydrogen (secondary N) is 1. The maximum Gasteiger partial charge on any atom is 0.213 e. The fourth-order valence-corrected chi connectivity index (χ4v) is 1.35. The van der Waals surface area contributed by atoms with Crippen molar-refractivity contribution in [3.63, 3.8) is 0 Å². The first-order valence-corrected chi connectivity index (χ1v) is 4.83. The predicted octanol–water partition coefficient (Wildman–Crippen LogP) is 1.71. The Bertz CT molecular complexity index is 385. The van der Waals surface area contributed by atoms with E-state index in [1.54, 1.807) is 6.26 Å². The summed E-state index contributed by atoms with van der Waals surface area (Å²) in [5.74, 6) is 1.49. The summed E-state index contributed by atoms with van der Waals surface area (Å²) in [5, 5.41) is 6.79. The summed E-state index contributed by atoms with van der Waals surface area (Å²) in [6.07, 6.45) is 2.94. The molecule has 14 heavy (non-hydrogen) atoms. The van der Waals surface area contributed by atoms with Gasteiger partial charge in [-0.05, 0) is 22.0 Å². The highest BCUT2D eigenvalue weighted by atomic mass is 79.9. The summed E-state index contributed by atoms with van der Waals surface area (Å²) < 4.78 is 10.8.